The summed E-state index contributed by atoms with van der Waals surface area (Å²) in [5, 5.41) is 3.74. The first-order chi connectivity index (χ1) is 13.6. The van der Waals surface area contributed by atoms with Gasteiger partial charge in [0, 0.05) is 31.8 Å². The van der Waals surface area contributed by atoms with Gasteiger partial charge in [0.1, 0.15) is 29.4 Å². The topological polar surface area (TPSA) is 73.9 Å². The summed E-state index contributed by atoms with van der Waals surface area (Å²) >= 11 is 0. The van der Waals surface area contributed by atoms with Crippen LogP contribution in [0.4, 0.5) is 20.3 Å². The van der Waals surface area contributed by atoms with E-state index in [2.05, 4.69) is 25.2 Å². The summed E-state index contributed by atoms with van der Waals surface area (Å²) in [6, 6.07) is 5.23. The molecule has 1 aromatic carbocycles. The van der Waals surface area contributed by atoms with E-state index in [1.54, 1.807) is 6.33 Å². The zero-order valence-electron chi connectivity index (χ0n) is 15.3. The maximum atomic E-state index is 13.7. The molecule has 1 atom stereocenters. The van der Waals surface area contributed by atoms with Gasteiger partial charge in [0.15, 0.2) is 5.78 Å². The Morgan fingerprint density at radius 3 is 3.04 bits per heavy atom. The molecule has 3 heterocycles. The molecule has 2 aromatic heterocycles. The van der Waals surface area contributed by atoms with E-state index in [4.69, 9.17) is 0 Å². The lowest BCUT2D eigenvalue weighted by molar-refractivity contribution is -0.118. The number of ketones is 1. The maximum Gasteiger partial charge on any atom is 0.152 e. The molecule has 2 N–H and O–H groups in total. The first kappa shape index (κ1) is 18.3. The maximum absolute atomic E-state index is 13.7. The summed E-state index contributed by atoms with van der Waals surface area (Å²) in [6.07, 6.45) is 5.74. The zero-order valence-corrected chi connectivity index (χ0v) is 15.3. The lowest BCUT2D eigenvalue weighted by Gasteiger charge is -2.33. The molecule has 0 amide bonds. The van der Waals surface area contributed by atoms with Crippen LogP contribution in [0, 0.1) is 17.6 Å². The number of aromatic amines is 1. The highest BCUT2D eigenvalue weighted by Gasteiger charge is 2.24. The Morgan fingerprint density at radius 2 is 2.18 bits per heavy atom. The first-order valence-electron chi connectivity index (χ1n) is 9.34. The van der Waals surface area contributed by atoms with Crippen molar-refractivity contribution in [1.82, 2.24) is 15.0 Å². The van der Waals surface area contributed by atoms with Gasteiger partial charge in [-0.2, -0.15) is 0 Å². The third-order valence-electron chi connectivity index (χ3n) is 5.07. The molecule has 146 valence electrons. The number of carbonyl (C=O) groups is 1. The molecule has 0 spiro atoms. The molecule has 8 heteroatoms. The number of H-pyrrole nitrogens is 1. The van der Waals surface area contributed by atoms with Gasteiger partial charge in [-0.3, -0.25) is 4.79 Å². The Bertz CT molecular complexity index is 990. The molecule has 1 aliphatic heterocycles. The minimum absolute atomic E-state index is 0.00468. The second-order valence-electron chi connectivity index (χ2n) is 7.11. The van der Waals surface area contributed by atoms with Crippen LogP contribution in [0.15, 0.2) is 36.8 Å². The molecule has 1 fully saturated rings. The van der Waals surface area contributed by atoms with Crippen LogP contribution in [0.3, 0.4) is 0 Å². The van der Waals surface area contributed by atoms with E-state index in [0.29, 0.717) is 6.42 Å². The van der Waals surface area contributed by atoms with E-state index in [-0.39, 0.29) is 23.9 Å². The van der Waals surface area contributed by atoms with Crippen molar-refractivity contribution in [3.05, 3.63) is 48.4 Å². The average Bonchev–Trinajstić information content (AvgIpc) is 3.16. The zero-order chi connectivity index (χ0) is 19.5. The monoisotopic (exact) mass is 385 g/mol. The van der Waals surface area contributed by atoms with E-state index in [0.717, 1.165) is 48.8 Å². The van der Waals surface area contributed by atoms with Gasteiger partial charge < -0.3 is 15.2 Å². The quantitative estimate of drug-likeness (QED) is 0.679. The molecule has 1 aliphatic rings. The van der Waals surface area contributed by atoms with Crippen LogP contribution in [0.2, 0.25) is 0 Å². The smallest absolute Gasteiger partial charge is 0.152 e. The van der Waals surface area contributed by atoms with Crippen LogP contribution in [0.5, 0.6) is 0 Å². The molecule has 6 nitrogen and oxygen atoms in total. The van der Waals surface area contributed by atoms with Gasteiger partial charge in [-0.25, -0.2) is 18.7 Å². The third kappa shape index (κ3) is 3.95. The molecule has 4 rings (SSSR count). The van der Waals surface area contributed by atoms with Crippen LogP contribution in [-0.2, 0) is 4.79 Å². The Balaban J connectivity index is 1.36. The summed E-state index contributed by atoms with van der Waals surface area (Å²) in [7, 11) is 0. The number of benzene rings is 1. The van der Waals surface area contributed by atoms with Crippen LogP contribution >= 0.6 is 0 Å². The number of piperidine rings is 1. The number of hydrogen-bond acceptors (Lipinski definition) is 5. The van der Waals surface area contributed by atoms with Gasteiger partial charge in [-0.15, -0.1) is 0 Å². The number of nitrogens with one attached hydrogen (secondary N) is 2. The number of halogens is 2. The summed E-state index contributed by atoms with van der Waals surface area (Å²) in [6.45, 7) is 1.66. The van der Waals surface area contributed by atoms with Gasteiger partial charge in [-0.05, 0) is 37.0 Å². The van der Waals surface area contributed by atoms with Crippen molar-refractivity contribution in [1.29, 1.82) is 0 Å². The lowest BCUT2D eigenvalue weighted by Crippen LogP contribution is -2.37. The second kappa shape index (κ2) is 7.92. The Labute approximate surface area is 161 Å². The largest absolute Gasteiger partial charge is 0.376 e. The summed E-state index contributed by atoms with van der Waals surface area (Å²) in [5.74, 6) is -0.237. The molecule has 0 saturated carbocycles. The van der Waals surface area contributed by atoms with Crippen molar-refractivity contribution >= 4 is 28.3 Å². The van der Waals surface area contributed by atoms with E-state index < -0.39 is 11.6 Å². The van der Waals surface area contributed by atoms with Crippen LogP contribution in [-0.4, -0.2) is 40.4 Å². The lowest BCUT2D eigenvalue weighted by atomic mass is 9.92. The van der Waals surface area contributed by atoms with E-state index in [1.807, 2.05) is 12.3 Å². The number of nitrogens with zero attached hydrogens (tertiary/aromatic N) is 3. The van der Waals surface area contributed by atoms with Gasteiger partial charge >= 0.3 is 0 Å². The van der Waals surface area contributed by atoms with Crippen molar-refractivity contribution in [2.45, 2.75) is 19.3 Å². The standard InChI is InChI=1S/C20H21F2N5O/c21-14-3-4-18(17(22)9-14)24-10-15(28)8-13-2-1-7-27(11-13)20-16-5-6-23-19(16)25-12-26-20/h3-6,9,12-13,24H,1-2,7-8,10-11H2,(H,23,25,26)/t13-/m0/s1. The van der Waals surface area contributed by atoms with E-state index in [9.17, 15) is 13.6 Å². The van der Waals surface area contributed by atoms with Crippen molar-refractivity contribution < 1.29 is 13.6 Å². The predicted molar refractivity (Wildman–Crippen MR) is 103 cm³/mol. The number of fused-ring (bicyclic) bond motifs is 1. The molecule has 3 aromatic rings. The minimum atomic E-state index is -0.698. The highest BCUT2D eigenvalue weighted by Crippen LogP contribution is 2.28. The SMILES string of the molecule is O=C(CNc1ccc(F)cc1F)C[C@@H]1CCCN(c2ncnc3[nH]ccc23)C1. The van der Waals surface area contributed by atoms with Gasteiger partial charge in [0.2, 0.25) is 0 Å². The molecule has 0 bridgehead atoms. The number of rotatable bonds is 6. The number of aromatic nitrogens is 3. The summed E-state index contributed by atoms with van der Waals surface area (Å²) in [4.78, 5) is 26.3. The Morgan fingerprint density at radius 1 is 1.29 bits per heavy atom. The molecule has 0 aliphatic carbocycles. The van der Waals surface area contributed by atoms with Crippen molar-refractivity contribution in [3.8, 4) is 0 Å². The number of Topliss-reactive ketones (excluding diaryl/α,β-unsaturated/α-hetero) is 1. The Kier molecular flexibility index (Phi) is 5.18. The van der Waals surface area contributed by atoms with Crippen molar-refractivity contribution in [3.63, 3.8) is 0 Å². The fourth-order valence-electron chi connectivity index (χ4n) is 3.76. The van der Waals surface area contributed by atoms with Crippen LogP contribution in [0.25, 0.3) is 11.0 Å². The summed E-state index contributed by atoms with van der Waals surface area (Å²) in [5.41, 5.74) is 0.935. The second-order valence-corrected chi connectivity index (χ2v) is 7.11. The van der Waals surface area contributed by atoms with Crippen LogP contribution in [0.1, 0.15) is 19.3 Å². The van der Waals surface area contributed by atoms with Crippen molar-refractivity contribution in [2.75, 3.05) is 29.9 Å². The van der Waals surface area contributed by atoms with Gasteiger partial charge in [-0.1, -0.05) is 0 Å². The molecule has 1 saturated heterocycles. The highest BCUT2D eigenvalue weighted by atomic mass is 19.1. The third-order valence-corrected chi connectivity index (χ3v) is 5.07. The molecule has 0 unspecified atom stereocenters. The molecule has 0 radical (unpaired) electrons. The first-order valence-corrected chi connectivity index (χ1v) is 9.34. The van der Waals surface area contributed by atoms with E-state index >= 15 is 0 Å². The molecular formula is C20H21F2N5O. The number of anilines is 2. The Hall–Kier alpha value is -3.03. The fraction of sp³-hybridized carbons (Fsp3) is 0.350. The molecule has 28 heavy (non-hydrogen) atoms. The van der Waals surface area contributed by atoms with Gasteiger partial charge in [0.25, 0.3) is 0 Å². The molecular weight excluding hydrogens is 364 g/mol. The number of carbonyl (C=O) groups excluding carboxylic acids is 1. The number of hydrogen-bond donors (Lipinski definition) is 2. The van der Waals surface area contributed by atoms with Gasteiger partial charge in [0.05, 0.1) is 17.6 Å². The average molecular weight is 385 g/mol. The minimum Gasteiger partial charge on any atom is -0.376 e. The van der Waals surface area contributed by atoms with Crippen LogP contribution < -0.4 is 10.2 Å². The van der Waals surface area contributed by atoms with Crippen molar-refractivity contribution in [2.24, 2.45) is 5.92 Å². The van der Waals surface area contributed by atoms with E-state index in [1.165, 1.54) is 12.1 Å². The fourth-order valence-corrected chi connectivity index (χ4v) is 3.76. The normalized spacial score (nSPS) is 17.1. The predicted octanol–water partition coefficient (Wildman–Crippen LogP) is 3.52. The summed E-state index contributed by atoms with van der Waals surface area (Å²) < 4.78 is 26.6. The highest BCUT2D eigenvalue weighted by molar-refractivity contribution is 5.87.